The molecule has 5 heteroatoms. The van der Waals surface area contributed by atoms with Gasteiger partial charge in [0.15, 0.2) is 0 Å². The quantitative estimate of drug-likeness (QED) is 0.772. The second kappa shape index (κ2) is 8.27. The van der Waals surface area contributed by atoms with Crippen LogP contribution in [-0.4, -0.2) is 23.2 Å². The molecule has 0 amide bonds. The normalized spacial score (nSPS) is 15.9. The summed E-state index contributed by atoms with van der Waals surface area (Å²) >= 11 is 0. The topological polar surface area (TPSA) is 70.0 Å². The number of hydrogen-bond donors (Lipinski definition) is 2. The number of carbonyl (C=O) groups is 1. The summed E-state index contributed by atoms with van der Waals surface area (Å²) in [6.07, 6.45) is 3.17. The Bertz CT molecular complexity index is 845. The van der Waals surface area contributed by atoms with Crippen molar-refractivity contribution < 1.29 is 19.7 Å². The second-order valence-electron chi connectivity index (χ2n) is 6.80. The molecule has 2 aromatic rings. The van der Waals surface area contributed by atoms with Gasteiger partial charge < -0.3 is 19.8 Å². The standard InChI is InChI=1S/C22H25NO4/c1-3-4-10-16-11-17-19(23(2)13-18(21(17)24)22(25)26)12-20(16)27-14-15-8-6-5-7-9-15/h5-9,11-13,21,24H,3-4,10,14H2,1-2H3,(H,25,26). The van der Waals surface area contributed by atoms with E-state index in [0.29, 0.717) is 12.2 Å². The molecule has 5 nitrogen and oxygen atoms in total. The van der Waals surface area contributed by atoms with Crippen molar-refractivity contribution in [2.75, 3.05) is 11.9 Å². The fourth-order valence-corrected chi connectivity index (χ4v) is 3.28. The Morgan fingerprint density at radius 1 is 1.22 bits per heavy atom. The van der Waals surface area contributed by atoms with Crippen LogP contribution in [0.5, 0.6) is 5.75 Å². The van der Waals surface area contributed by atoms with Crippen LogP contribution in [-0.2, 0) is 17.8 Å². The third-order valence-electron chi connectivity index (χ3n) is 4.80. The molecule has 0 saturated carbocycles. The third kappa shape index (κ3) is 4.14. The Labute approximate surface area is 159 Å². The van der Waals surface area contributed by atoms with Crippen molar-refractivity contribution in [2.45, 2.75) is 38.9 Å². The molecule has 27 heavy (non-hydrogen) atoms. The second-order valence-corrected chi connectivity index (χ2v) is 6.80. The van der Waals surface area contributed by atoms with E-state index in [-0.39, 0.29) is 5.57 Å². The number of fused-ring (bicyclic) bond motifs is 1. The van der Waals surface area contributed by atoms with Crippen LogP contribution in [0.4, 0.5) is 5.69 Å². The summed E-state index contributed by atoms with van der Waals surface area (Å²) in [7, 11) is 1.78. The van der Waals surface area contributed by atoms with Crippen molar-refractivity contribution in [3.63, 3.8) is 0 Å². The lowest BCUT2D eigenvalue weighted by Gasteiger charge is -2.29. The van der Waals surface area contributed by atoms with Crippen molar-refractivity contribution in [3.05, 3.63) is 70.9 Å². The summed E-state index contributed by atoms with van der Waals surface area (Å²) in [6.45, 7) is 2.58. The first-order valence-electron chi connectivity index (χ1n) is 9.20. The molecule has 0 radical (unpaired) electrons. The number of benzene rings is 2. The van der Waals surface area contributed by atoms with Gasteiger partial charge in [0.1, 0.15) is 18.5 Å². The highest BCUT2D eigenvalue weighted by molar-refractivity contribution is 5.90. The number of rotatable bonds is 7. The Morgan fingerprint density at radius 2 is 1.96 bits per heavy atom. The van der Waals surface area contributed by atoms with Crippen LogP contribution in [0.1, 0.15) is 42.6 Å². The fourth-order valence-electron chi connectivity index (χ4n) is 3.28. The van der Waals surface area contributed by atoms with E-state index in [0.717, 1.165) is 41.8 Å². The van der Waals surface area contributed by atoms with Gasteiger partial charge in [-0.1, -0.05) is 43.7 Å². The van der Waals surface area contributed by atoms with Crippen LogP contribution in [0.3, 0.4) is 0 Å². The van der Waals surface area contributed by atoms with Crippen LogP contribution >= 0.6 is 0 Å². The zero-order chi connectivity index (χ0) is 19.4. The first-order chi connectivity index (χ1) is 13.0. The predicted molar refractivity (Wildman–Crippen MR) is 105 cm³/mol. The van der Waals surface area contributed by atoms with Gasteiger partial charge in [-0.2, -0.15) is 0 Å². The summed E-state index contributed by atoms with van der Waals surface area (Å²) < 4.78 is 6.10. The molecule has 0 spiro atoms. The molecule has 0 fully saturated rings. The molecule has 1 unspecified atom stereocenters. The highest BCUT2D eigenvalue weighted by Gasteiger charge is 2.29. The molecule has 0 bridgehead atoms. The maximum absolute atomic E-state index is 11.4. The molecule has 0 aromatic heterocycles. The average molecular weight is 367 g/mol. The minimum Gasteiger partial charge on any atom is -0.489 e. The first-order valence-corrected chi connectivity index (χ1v) is 9.20. The number of aliphatic hydroxyl groups excluding tert-OH is 1. The summed E-state index contributed by atoms with van der Waals surface area (Å²) in [5.41, 5.74) is 3.42. The van der Waals surface area contributed by atoms with Gasteiger partial charge in [0.2, 0.25) is 0 Å². The number of nitrogens with zero attached hydrogens (tertiary/aromatic N) is 1. The molecular weight excluding hydrogens is 342 g/mol. The Kier molecular flexibility index (Phi) is 5.81. The molecule has 1 aliphatic heterocycles. The Balaban J connectivity index is 1.95. The average Bonchev–Trinajstić information content (AvgIpc) is 2.67. The number of unbranched alkanes of at least 4 members (excludes halogenated alkanes) is 1. The third-order valence-corrected chi connectivity index (χ3v) is 4.80. The van der Waals surface area contributed by atoms with E-state index >= 15 is 0 Å². The van der Waals surface area contributed by atoms with E-state index in [1.165, 1.54) is 6.20 Å². The molecule has 1 atom stereocenters. The van der Waals surface area contributed by atoms with E-state index in [4.69, 9.17) is 4.74 Å². The van der Waals surface area contributed by atoms with Crippen LogP contribution in [0.25, 0.3) is 0 Å². The molecule has 142 valence electrons. The van der Waals surface area contributed by atoms with Gasteiger partial charge in [0.05, 0.1) is 11.3 Å². The van der Waals surface area contributed by atoms with E-state index in [1.807, 2.05) is 42.5 Å². The first kappa shape index (κ1) is 19.0. The van der Waals surface area contributed by atoms with E-state index in [1.54, 1.807) is 11.9 Å². The number of ether oxygens (including phenoxy) is 1. The lowest BCUT2D eigenvalue weighted by Crippen LogP contribution is -2.24. The number of hydrogen-bond acceptors (Lipinski definition) is 4. The van der Waals surface area contributed by atoms with Crippen LogP contribution in [0.2, 0.25) is 0 Å². The lowest BCUT2D eigenvalue weighted by atomic mass is 9.93. The zero-order valence-corrected chi connectivity index (χ0v) is 15.7. The van der Waals surface area contributed by atoms with Gasteiger partial charge in [-0.3, -0.25) is 0 Å². The predicted octanol–water partition coefficient (Wildman–Crippen LogP) is 4.06. The van der Waals surface area contributed by atoms with Crippen LogP contribution in [0, 0.1) is 0 Å². The van der Waals surface area contributed by atoms with Gasteiger partial charge in [-0.15, -0.1) is 0 Å². The maximum Gasteiger partial charge on any atom is 0.336 e. The van der Waals surface area contributed by atoms with Gasteiger partial charge in [-0.05, 0) is 30.0 Å². The number of carboxylic acid groups (broad SMARTS) is 1. The molecule has 1 heterocycles. The maximum atomic E-state index is 11.4. The number of aliphatic hydroxyl groups is 1. The smallest absolute Gasteiger partial charge is 0.336 e. The zero-order valence-electron chi connectivity index (χ0n) is 15.7. The highest BCUT2D eigenvalue weighted by Crippen LogP contribution is 2.40. The molecule has 2 N–H and O–H groups in total. The molecule has 3 rings (SSSR count). The molecule has 1 aliphatic rings. The van der Waals surface area contributed by atoms with Gasteiger partial charge in [-0.25, -0.2) is 4.79 Å². The minimum atomic E-state index is -1.14. The SMILES string of the molecule is CCCCc1cc2c(cc1OCc1ccccc1)N(C)C=C(C(=O)O)C2O. The van der Waals surface area contributed by atoms with Gasteiger partial charge in [0, 0.05) is 24.9 Å². The van der Waals surface area contributed by atoms with Crippen LogP contribution in [0.15, 0.2) is 54.2 Å². The van der Waals surface area contributed by atoms with Crippen molar-refractivity contribution in [3.8, 4) is 5.75 Å². The van der Waals surface area contributed by atoms with Crippen molar-refractivity contribution >= 4 is 11.7 Å². The van der Waals surface area contributed by atoms with Crippen molar-refractivity contribution in [2.24, 2.45) is 0 Å². The van der Waals surface area contributed by atoms with E-state index in [2.05, 4.69) is 6.92 Å². The van der Waals surface area contributed by atoms with E-state index in [9.17, 15) is 15.0 Å². The van der Waals surface area contributed by atoms with Crippen molar-refractivity contribution in [1.82, 2.24) is 0 Å². The summed E-state index contributed by atoms with van der Waals surface area (Å²) in [6, 6.07) is 13.8. The van der Waals surface area contributed by atoms with Crippen molar-refractivity contribution in [1.29, 1.82) is 0 Å². The largest absolute Gasteiger partial charge is 0.489 e. The Hall–Kier alpha value is -2.79. The fraction of sp³-hybridized carbons (Fsp3) is 0.318. The van der Waals surface area contributed by atoms with Gasteiger partial charge in [0.25, 0.3) is 0 Å². The number of aliphatic carboxylic acids is 1. The molecule has 0 saturated heterocycles. The number of aryl methyl sites for hydroxylation is 1. The molecular formula is C22H25NO4. The summed E-state index contributed by atoms with van der Waals surface area (Å²) in [5.74, 6) is -0.336. The molecule has 2 aromatic carbocycles. The summed E-state index contributed by atoms with van der Waals surface area (Å²) in [4.78, 5) is 13.2. The summed E-state index contributed by atoms with van der Waals surface area (Å²) in [5, 5.41) is 19.9. The highest BCUT2D eigenvalue weighted by atomic mass is 16.5. The molecule has 0 aliphatic carbocycles. The lowest BCUT2D eigenvalue weighted by molar-refractivity contribution is -0.133. The number of anilines is 1. The van der Waals surface area contributed by atoms with E-state index < -0.39 is 12.1 Å². The van der Waals surface area contributed by atoms with Gasteiger partial charge >= 0.3 is 5.97 Å². The monoisotopic (exact) mass is 367 g/mol. The number of carboxylic acids is 1. The van der Waals surface area contributed by atoms with Crippen LogP contribution < -0.4 is 9.64 Å². The Morgan fingerprint density at radius 3 is 2.63 bits per heavy atom. The minimum absolute atomic E-state index is 0.0237.